The lowest BCUT2D eigenvalue weighted by atomic mass is 10.0. The van der Waals surface area contributed by atoms with Crippen LogP contribution in [-0.4, -0.2) is 41.4 Å². The Labute approximate surface area is 385 Å². The van der Waals surface area contributed by atoms with Crippen LogP contribution in [0.15, 0.2) is 120 Å². The molecule has 2 N–H and O–H groups in total. The van der Waals surface area contributed by atoms with Crippen molar-refractivity contribution in [3.8, 4) is 17.2 Å². The van der Waals surface area contributed by atoms with Crippen molar-refractivity contribution in [3.05, 3.63) is 153 Å². The van der Waals surface area contributed by atoms with Gasteiger partial charge in [-0.15, -0.1) is 21.9 Å². The molecule has 5 aromatic rings. The quantitative estimate of drug-likeness (QED) is 0.0149. The fraction of sp³-hybridized carbons (Fsp3) is 0.159. The summed E-state index contributed by atoms with van der Waals surface area (Å²) >= 11 is 16.8. The first-order valence-corrected chi connectivity index (χ1v) is 30.0. The van der Waals surface area contributed by atoms with Crippen LogP contribution in [0, 0.1) is 15.9 Å². The first-order valence-electron chi connectivity index (χ1n) is 19.1. The third kappa shape index (κ3) is 11.9. The number of aromatic hydroxyl groups is 1. The van der Waals surface area contributed by atoms with Crippen molar-refractivity contribution in [2.24, 2.45) is 0 Å². The maximum absolute atomic E-state index is 13.6. The van der Waals surface area contributed by atoms with Gasteiger partial charge in [-0.3, -0.25) is 9.59 Å². The molecule has 0 bridgehead atoms. The number of ether oxygens (including phenoxy) is 2. The molecule has 1 aliphatic carbocycles. The molecule has 0 unspecified atom stereocenters. The van der Waals surface area contributed by atoms with Crippen molar-refractivity contribution in [2.75, 3.05) is 18.2 Å². The highest BCUT2D eigenvalue weighted by Gasteiger charge is 2.46. The fourth-order valence-electron chi connectivity index (χ4n) is 6.51. The number of anilines is 1. The van der Waals surface area contributed by atoms with Gasteiger partial charge in [0.1, 0.15) is 28.6 Å². The zero-order chi connectivity index (χ0) is 45.3. The lowest BCUT2D eigenvalue weighted by Crippen LogP contribution is -2.16. The highest BCUT2D eigenvalue weighted by atomic mass is 33.7. The van der Waals surface area contributed by atoms with Crippen LogP contribution in [-0.2, 0) is 38.0 Å². The molecule has 7 rings (SSSR count). The van der Waals surface area contributed by atoms with Gasteiger partial charge in [-0.2, -0.15) is 0 Å². The number of phenolic OH excluding ortho intramolecular Hbond substituents is 1. The number of fused-ring (bicyclic) bond motifs is 1. The molecule has 63 heavy (non-hydrogen) atoms. The number of halogens is 1. The number of amides is 1. The Morgan fingerprint density at radius 1 is 0.905 bits per heavy atom. The molecule has 1 saturated heterocycles. The second kappa shape index (κ2) is 21.3. The molecule has 326 valence electrons. The molecule has 0 spiro atoms. The van der Waals surface area contributed by atoms with Gasteiger partial charge in [-0.05, 0) is 157 Å². The summed E-state index contributed by atoms with van der Waals surface area (Å²) in [6.45, 7) is 3.98. The number of nitrogens with zero attached hydrogens (tertiary/aromatic N) is 1. The number of benzene rings is 5. The number of carbonyl (C=O) groups is 3. The molecule has 0 saturated carbocycles. The summed E-state index contributed by atoms with van der Waals surface area (Å²) in [6.07, 6.45) is 5.47. The van der Waals surface area contributed by atoms with Crippen LogP contribution < -0.4 is 25.4 Å². The fourth-order valence-corrected chi connectivity index (χ4v) is 49.2. The van der Waals surface area contributed by atoms with Crippen LogP contribution in [0.25, 0.3) is 17.2 Å². The van der Waals surface area contributed by atoms with Gasteiger partial charge < -0.3 is 24.7 Å². The normalized spacial score (nSPS) is 18.0. The number of rotatable bonds is 15. The van der Waals surface area contributed by atoms with E-state index >= 15 is 0 Å². The lowest BCUT2D eigenvalue weighted by Gasteiger charge is -2.40. The van der Waals surface area contributed by atoms with Crippen LogP contribution in [0.5, 0.6) is 17.2 Å². The summed E-state index contributed by atoms with van der Waals surface area (Å²) in [5, 5.41) is 23.1. The number of thioether (sulfide) groups is 1. The number of hydrogen-bond acceptors (Lipinski definition) is 14. The Balaban J connectivity index is 0.000000251. The smallest absolute Gasteiger partial charge is 0.347 e. The first-order chi connectivity index (χ1) is 30.1. The molecule has 1 aliphatic heterocycles. The highest BCUT2D eigenvalue weighted by molar-refractivity contribution is 9.48. The second-order valence-electron chi connectivity index (χ2n) is 13.6. The van der Waals surface area contributed by atoms with Gasteiger partial charge in [0.2, 0.25) is 6.41 Å². The molecule has 0 aromatic heterocycles. The summed E-state index contributed by atoms with van der Waals surface area (Å²) in [7, 11) is 0. The Morgan fingerprint density at radius 2 is 1.56 bits per heavy atom. The predicted molar refractivity (Wildman–Crippen MR) is 262 cm³/mol. The number of hydrogen-bond donors (Lipinski definition) is 2. The lowest BCUT2D eigenvalue weighted by molar-refractivity contribution is -0.757. The van der Waals surface area contributed by atoms with E-state index in [1.54, 1.807) is 82.3 Å². The van der Waals surface area contributed by atoms with Gasteiger partial charge in [0.05, 0.1) is 15.5 Å². The Bertz CT molecular complexity index is 2700. The molecule has 1 fully saturated rings. The number of carbonyl (C=O) groups excluding carboxylic acids is 3. The van der Waals surface area contributed by atoms with Gasteiger partial charge in [0.25, 0.3) is 5.09 Å². The van der Waals surface area contributed by atoms with Crippen molar-refractivity contribution in [1.29, 1.82) is 0 Å². The summed E-state index contributed by atoms with van der Waals surface area (Å²) in [5.74, 6) is -1.46. The van der Waals surface area contributed by atoms with Crippen LogP contribution in [0.3, 0.4) is 0 Å². The third-order valence-electron chi connectivity index (χ3n) is 9.56. The summed E-state index contributed by atoms with van der Waals surface area (Å²) in [6, 6.07) is 31.4. The third-order valence-corrected chi connectivity index (χ3v) is 41.5. The summed E-state index contributed by atoms with van der Waals surface area (Å²) < 4.78 is 20.4. The van der Waals surface area contributed by atoms with Crippen molar-refractivity contribution in [1.82, 2.24) is 0 Å². The number of allylic oxidation sites excluding steroid dienone is 3. The van der Waals surface area contributed by atoms with Gasteiger partial charge in [0, 0.05) is 27.6 Å². The first kappa shape index (κ1) is 47.7. The molecule has 1 heterocycles. The SMILES string of the molecule is CCC1=C(C)/C(=C/c2ccc(SC)cc2)c2ccc(F)cc21.O=CNc1ccc(OC(=O)CCCO[N+](=O)[O-])c(C(=O)Oc2ccc(P3(=S)SP(=S)(c4ccc(O)cc4)S3)cc2)c1. The van der Waals surface area contributed by atoms with Gasteiger partial charge in [-0.25, -0.2) is 9.18 Å². The highest BCUT2D eigenvalue weighted by Crippen LogP contribution is 3.04. The maximum atomic E-state index is 13.6. The maximum Gasteiger partial charge on any atom is 0.347 e. The van der Waals surface area contributed by atoms with Crippen molar-refractivity contribution < 1.29 is 43.3 Å². The molecule has 5 aromatic carbocycles. The number of phenols is 1. The van der Waals surface area contributed by atoms with Crippen molar-refractivity contribution in [3.63, 3.8) is 0 Å². The molecule has 11 nitrogen and oxygen atoms in total. The van der Waals surface area contributed by atoms with Crippen molar-refractivity contribution >= 4 is 118 Å². The zero-order valence-corrected chi connectivity index (χ0v) is 39.7. The van der Waals surface area contributed by atoms with E-state index in [0.29, 0.717) is 6.41 Å². The van der Waals surface area contributed by atoms with Crippen molar-refractivity contribution in [2.45, 2.75) is 38.0 Å². The minimum Gasteiger partial charge on any atom is -0.508 e. The molecule has 0 radical (unpaired) electrons. The molecular formula is C44H39FN2O9P2S5. The standard InChI is InChI=1S/C24H20N2O9P2S4.C20H19FS/c27-15-25-16-3-12-22(35-23(29)2-1-13-33-26(31)32)21(14-16)24(30)34-18-6-10-20(11-7-18)37(39)40-36(38,41-37)19-8-4-17(28)5-9-19;1-4-17-13(2)19(18-10-7-15(21)12-20(17)18)11-14-5-8-16(22-3)9-6-14/h3-12,14-15,28H,1-2,13H2,(H,25,27);5-12H,4H2,1-3H3/b;19-11-. The van der Waals surface area contributed by atoms with E-state index < -0.39 is 25.9 Å². The second-order valence-corrected chi connectivity index (χ2v) is 35.8. The minimum absolute atomic E-state index is 0.0316. The average molecular weight is 981 g/mol. The molecule has 1 amide bonds. The van der Waals surface area contributed by atoms with E-state index in [1.807, 2.05) is 18.2 Å². The summed E-state index contributed by atoms with van der Waals surface area (Å²) in [4.78, 5) is 51.8. The Hall–Kier alpha value is -4.73. The van der Waals surface area contributed by atoms with Crippen LogP contribution in [0.1, 0.15) is 60.2 Å². The van der Waals surface area contributed by atoms with Crippen LogP contribution in [0.4, 0.5) is 10.1 Å². The number of esters is 2. The zero-order valence-electron chi connectivity index (χ0n) is 33.8. The van der Waals surface area contributed by atoms with Crippen LogP contribution >= 0.6 is 42.6 Å². The molecule has 0 atom stereocenters. The van der Waals surface area contributed by atoms with E-state index in [-0.39, 0.29) is 53.8 Å². The van der Waals surface area contributed by atoms with Gasteiger partial charge in [0.15, 0.2) is 0 Å². The van der Waals surface area contributed by atoms with E-state index in [2.05, 4.69) is 60.6 Å². The molecular weight excluding hydrogens is 942 g/mol. The van der Waals surface area contributed by atoms with Gasteiger partial charge >= 0.3 is 11.9 Å². The predicted octanol–water partition coefficient (Wildman–Crippen LogP) is 11.4. The largest absolute Gasteiger partial charge is 0.508 e. The van der Waals surface area contributed by atoms with E-state index in [9.17, 15) is 34.0 Å². The topological polar surface area (TPSA) is 154 Å². The van der Waals surface area contributed by atoms with E-state index in [1.165, 1.54) is 45.4 Å². The summed E-state index contributed by atoms with van der Waals surface area (Å²) in [5.41, 5.74) is 7.24. The monoisotopic (exact) mass is 980 g/mol. The van der Waals surface area contributed by atoms with Gasteiger partial charge in [-0.1, -0.05) is 70.7 Å². The molecule has 19 heteroatoms. The van der Waals surface area contributed by atoms with Crippen LogP contribution in [0.2, 0.25) is 0 Å². The Kier molecular flexibility index (Phi) is 16.1. The average Bonchev–Trinajstić information content (AvgIpc) is 3.51. The van der Waals surface area contributed by atoms with E-state index in [0.717, 1.165) is 28.2 Å². The van der Waals surface area contributed by atoms with E-state index in [4.69, 9.17) is 33.1 Å². The Morgan fingerprint density at radius 3 is 2.16 bits per heavy atom. The minimum atomic E-state index is -2.05. The number of nitrogens with one attached hydrogen (secondary N) is 1. The molecule has 2 aliphatic rings.